The lowest BCUT2D eigenvalue weighted by molar-refractivity contribution is 0.516. The van der Waals surface area contributed by atoms with Crippen molar-refractivity contribution >= 4 is 34.6 Å². The van der Waals surface area contributed by atoms with Gasteiger partial charge in [-0.05, 0) is 29.7 Å². The van der Waals surface area contributed by atoms with Gasteiger partial charge in [-0.2, -0.15) is 0 Å². The second-order valence-electron chi connectivity index (χ2n) is 5.48. The molecule has 2 aromatic carbocycles. The van der Waals surface area contributed by atoms with Crippen molar-refractivity contribution in [3.05, 3.63) is 71.3 Å². The molecule has 0 bridgehead atoms. The van der Waals surface area contributed by atoms with Gasteiger partial charge < -0.3 is 3.11 Å². The summed E-state index contributed by atoms with van der Waals surface area (Å²) in [7, 11) is 0. The fourth-order valence-corrected chi connectivity index (χ4v) is 4.74. The van der Waals surface area contributed by atoms with E-state index in [0.29, 0.717) is 6.04 Å². The molecule has 0 radical (unpaired) electrons. The Morgan fingerprint density at radius 3 is 2.68 bits per heavy atom. The molecular weight excluding hydrogens is 345 g/mol. The molecule has 0 amide bonds. The van der Waals surface area contributed by atoms with Gasteiger partial charge in [-0.1, -0.05) is 54.6 Å². The van der Waals surface area contributed by atoms with E-state index in [4.69, 9.17) is 0 Å². The molecule has 0 aromatic heterocycles. The molecule has 2 heteroatoms. The molecule has 94 valence electrons. The van der Waals surface area contributed by atoms with Crippen molar-refractivity contribution in [2.75, 3.05) is 3.11 Å². The Hall–Kier alpha value is -1.29. The van der Waals surface area contributed by atoms with Gasteiger partial charge in [-0.25, -0.2) is 0 Å². The molecule has 2 aromatic rings. The standard InChI is InChI=1S/C17H14IN/c1-17-11-10-12-6-2-3-7-13(12)16(17)19(18)15-9-5-4-8-14(15)17/h2-11,16H,1H3. The number of benzene rings is 2. The number of rotatable bonds is 0. The molecular formula is C17H14IN. The van der Waals surface area contributed by atoms with Crippen LogP contribution in [0.15, 0.2) is 54.6 Å². The first-order valence-electron chi connectivity index (χ1n) is 6.54. The van der Waals surface area contributed by atoms with Crippen LogP contribution in [0.5, 0.6) is 0 Å². The quantitative estimate of drug-likeness (QED) is 0.479. The fraction of sp³-hybridized carbons (Fsp3) is 0.176. The maximum atomic E-state index is 2.46. The van der Waals surface area contributed by atoms with Gasteiger partial charge in [0.05, 0.1) is 34.6 Å². The van der Waals surface area contributed by atoms with E-state index in [1.807, 2.05) is 0 Å². The summed E-state index contributed by atoms with van der Waals surface area (Å²) < 4.78 is 2.40. The molecule has 2 aliphatic rings. The highest BCUT2D eigenvalue weighted by molar-refractivity contribution is 14.1. The van der Waals surface area contributed by atoms with Gasteiger partial charge in [0.2, 0.25) is 0 Å². The molecule has 1 aliphatic carbocycles. The van der Waals surface area contributed by atoms with Crippen molar-refractivity contribution in [3.63, 3.8) is 0 Å². The van der Waals surface area contributed by atoms with E-state index in [-0.39, 0.29) is 5.41 Å². The lowest BCUT2D eigenvalue weighted by atomic mass is 9.72. The number of anilines is 1. The molecule has 1 nitrogen and oxygen atoms in total. The second kappa shape index (κ2) is 3.85. The predicted octanol–water partition coefficient (Wildman–Crippen LogP) is 4.88. The van der Waals surface area contributed by atoms with Crippen molar-refractivity contribution in [1.82, 2.24) is 0 Å². The lowest BCUT2D eigenvalue weighted by Gasteiger charge is -2.36. The maximum absolute atomic E-state index is 2.46. The van der Waals surface area contributed by atoms with E-state index in [9.17, 15) is 0 Å². The highest BCUT2D eigenvalue weighted by atomic mass is 127. The Morgan fingerprint density at radius 2 is 1.79 bits per heavy atom. The zero-order chi connectivity index (χ0) is 13.0. The third-order valence-corrected chi connectivity index (χ3v) is 5.49. The average Bonchev–Trinajstić information content (AvgIpc) is 2.69. The summed E-state index contributed by atoms with van der Waals surface area (Å²) in [5, 5.41) is 0. The van der Waals surface area contributed by atoms with Gasteiger partial charge in [0.25, 0.3) is 0 Å². The van der Waals surface area contributed by atoms with Gasteiger partial charge >= 0.3 is 0 Å². The van der Waals surface area contributed by atoms with Gasteiger partial charge in [0.1, 0.15) is 0 Å². The van der Waals surface area contributed by atoms with Gasteiger partial charge in [-0.15, -0.1) is 0 Å². The summed E-state index contributed by atoms with van der Waals surface area (Å²) in [5.74, 6) is 0. The molecule has 2 atom stereocenters. The average molecular weight is 359 g/mol. The van der Waals surface area contributed by atoms with Crippen molar-refractivity contribution in [2.45, 2.75) is 18.4 Å². The molecule has 0 saturated heterocycles. The minimum atomic E-state index is 0.0755. The molecule has 0 fully saturated rings. The van der Waals surface area contributed by atoms with Gasteiger partial charge in [0, 0.05) is 5.41 Å². The number of hydrogen-bond donors (Lipinski definition) is 0. The smallest absolute Gasteiger partial charge is 0.0777 e. The highest BCUT2D eigenvalue weighted by Gasteiger charge is 2.48. The van der Waals surface area contributed by atoms with E-state index >= 15 is 0 Å². The van der Waals surface area contributed by atoms with E-state index in [2.05, 4.69) is 93.6 Å². The summed E-state index contributed by atoms with van der Waals surface area (Å²) in [6, 6.07) is 17.9. The molecule has 0 N–H and O–H groups in total. The van der Waals surface area contributed by atoms with E-state index in [1.54, 1.807) is 0 Å². The van der Waals surface area contributed by atoms with E-state index in [0.717, 1.165) is 0 Å². The Labute approximate surface area is 127 Å². The van der Waals surface area contributed by atoms with Gasteiger partial charge in [0.15, 0.2) is 0 Å². The monoisotopic (exact) mass is 359 g/mol. The third-order valence-electron chi connectivity index (χ3n) is 4.41. The minimum Gasteiger partial charge on any atom is -0.306 e. The summed E-state index contributed by atoms with van der Waals surface area (Å²) in [6.07, 6.45) is 4.65. The predicted molar refractivity (Wildman–Crippen MR) is 88.5 cm³/mol. The first-order valence-corrected chi connectivity index (χ1v) is 7.51. The number of fused-ring (bicyclic) bond motifs is 5. The summed E-state index contributed by atoms with van der Waals surface area (Å²) in [5.41, 5.74) is 5.63. The third kappa shape index (κ3) is 1.41. The summed E-state index contributed by atoms with van der Waals surface area (Å²) in [6.45, 7) is 2.35. The molecule has 4 rings (SSSR count). The Bertz CT molecular complexity index is 691. The van der Waals surface area contributed by atoms with Crippen molar-refractivity contribution in [2.24, 2.45) is 0 Å². The zero-order valence-corrected chi connectivity index (χ0v) is 12.8. The SMILES string of the molecule is CC12C=Cc3ccccc3C1N(I)c1ccccc12. The molecule has 19 heavy (non-hydrogen) atoms. The molecule has 1 heterocycles. The van der Waals surface area contributed by atoms with Crippen LogP contribution in [-0.4, -0.2) is 0 Å². The van der Waals surface area contributed by atoms with Crippen LogP contribution in [0.3, 0.4) is 0 Å². The van der Waals surface area contributed by atoms with Crippen LogP contribution >= 0.6 is 22.9 Å². The molecule has 2 unspecified atom stereocenters. The summed E-state index contributed by atoms with van der Waals surface area (Å²) in [4.78, 5) is 0. The Morgan fingerprint density at radius 1 is 1.05 bits per heavy atom. The summed E-state index contributed by atoms with van der Waals surface area (Å²) >= 11 is 2.46. The Balaban J connectivity index is 2.01. The largest absolute Gasteiger partial charge is 0.306 e. The van der Waals surface area contributed by atoms with E-state index < -0.39 is 0 Å². The molecule has 1 aliphatic heterocycles. The van der Waals surface area contributed by atoms with Crippen LogP contribution in [0.1, 0.15) is 29.7 Å². The van der Waals surface area contributed by atoms with E-state index in [1.165, 1.54) is 22.4 Å². The van der Waals surface area contributed by atoms with Crippen molar-refractivity contribution in [1.29, 1.82) is 0 Å². The number of hydrogen-bond acceptors (Lipinski definition) is 1. The molecule has 0 spiro atoms. The maximum Gasteiger partial charge on any atom is 0.0777 e. The molecule has 0 saturated carbocycles. The highest BCUT2D eigenvalue weighted by Crippen LogP contribution is 2.57. The lowest BCUT2D eigenvalue weighted by Crippen LogP contribution is -2.31. The van der Waals surface area contributed by atoms with Crippen molar-refractivity contribution in [3.8, 4) is 0 Å². The Kier molecular flexibility index (Phi) is 2.34. The number of para-hydroxylation sites is 1. The van der Waals surface area contributed by atoms with Crippen LogP contribution in [0, 0.1) is 0 Å². The van der Waals surface area contributed by atoms with Crippen LogP contribution < -0.4 is 3.11 Å². The van der Waals surface area contributed by atoms with Crippen LogP contribution in [0.2, 0.25) is 0 Å². The topological polar surface area (TPSA) is 3.24 Å². The first-order chi connectivity index (χ1) is 9.22. The second-order valence-corrected chi connectivity index (χ2v) is 6.52. The van der Waals surface area contributed by atoms with Crippen LogP contribution in [0.4, 0.5) is 5.69 Å². The minimum absolute atomic E-state index is 0.0755. The zero-order valence-electron chi connectivity index (χ0n) is 10.7. The first kappa shape index (κ1) is 11.5. The van der Waals surface area contributed by atoms with Crippen LogP contribution in [0.25, 0.3) is 6.08 Å². The number of halogens is 1. The fourth-order valence-electron chi connectivity index (χ4n) is 3.44. The number of nitrogens with zero attached hydrogens (tertiary/aromatic N) is 1. The normalized spacial score (nSPS) is 26.8. The van der Waals surface area contributed by atoms with Gasteiger partial charge in [-0.3, -0.25) is 0 Å². The van der Waals surface area contributed by atoms with Crippen molar-refractivity contribution < 1.29 is 0 Å². The van der Waals surface area contributed by atoms with Crippen LogP contribution in [-0.2, 0) is 5.41 Å².